The van der Waals surface area contributed by atoms with E-state index in [1.165, 1.54) is 0 Å². The lowest BCUT2D eigenvalue weighted by molar-refractivity contribution is -0.123. The highest BCUT2D eigenvalue weighted by Gasteiger charge is 2.29. The normalized spacial score (nSPS) is 13.9. The van der Waals surface area contributed by atoms with E-state index < -0.39 is 0 Å². The van der Waals surface area contributed by atoms with Crippen molar-refractivity contribution in [3.8, 4) is 0 Å². The summed E-state index contributed by atoms with van der Waals surface area (Å²) >= 11 is 0. The van der Waals surface area contributed by atoms with Gasteiger partial charge >= 0.3 is 0 Å². The lowest BCUT2D eigenvalue weighted by atomic mass is 10.2. The second kappa shape index (κ2) is 5.08. The number of anilines is 1. The maximum Gasteiger partial charge on any atom is 0.269 e. The Morgan fingerprint density at radius 1 is 1.22 bits per heavy atom. The Hall–Kier alpha value is -2.04. The van der Waals surface area contributed by atoms with Crippen molar-refractivity contribution < 1.29 is 9.59 Å². The average Bonchev–Trinajstić information content (AvgIpc) is 3.20. The first-order valence-corrected chi connectivity index (χ1v) is 5.95. The quantitative estimate of drug-likeness (QED) is 0.781. The number of nitrogens with zero attached hydrogens (tertiary/aromatic N) is 1. The summed E-state index contributed by atoms with van der Waals surface area (Å²) in [5.74, 6) is -0.321. The van der Waals surface area contributed by atoms with E-state index in [1.807, 2.05) is 31.1 Å². The molecule has 5 nitrogen and oxygen atoms in total. The Morgan fingerprint density at radius 3 is 2.56 bits per heavy atom. The SMILES string of the molecule is CN(C)c1cccc(C(=O)NNC(=O)C2CC2)c1. The first-order chi connectivity index (χ1) is 8.58. The van der Waals surface area contributed by atoms with Crippen LogP contribution >= 0.6 is 0 Å². The van der Waals surface area contributed by atoms with Crippen LogP contribution in [0.2, 0.25) is 0 Å². The highest BCUT2D eigenvalue weighted by atomic mass is 16.2. The molecule has 1 saturated carbocycles. The minimum Gasteiger partial charge on any atom is -0.378 e. The third-order valence-corrected chi connectivity index (χ3v) is 2.87. The molecule has 1 fully saturated rings. The van der Waals surface area contributed by atoms with E-state index >= 15 is 0 Å². The van der Waals surface area contributed by atoms with Gasteiger partial charge in [0.05, 0.1) is 0 Å². The summed E-state index contributed by atoms with van der Waals surface area (Å²) in [5.41, 5.74) is 6.33. The molecule has 0 saturated heterocycles. The Balaban J connectivity index is 1.95. The van der Waals surface area contributed by atoms with Crippen LogP contribution in [-0.4, -0.2) is 25.9 Å². The highest BCUT2D eigenvalue weighted by molar-refractivity contribution is 5.96. The molecule has 0 bridgehead atoms. The number of carbonyl (C=O) groups is 2. The number of hydrogen-bond donors (Lipinski definition) is 2. The van der Waals surface area contributed by atoms with Crippen molar-refractivity contribution in [3.63, 3.8) is 0 Å². The van der Waals surface area contributed by atoms with Crippen LogP contribution in [-0.2, 0) is 4.79 Å². The van der Waals surface area contributed by atoms with E-state index in [-0.39, 0.29) is 17.7 Å². The maximum atomic E-state index is 11.8. The number of hydrogen-bond acceptors (Lipinski definition) is 3. The second-order valence-electron chi connectivity index (χ2n) is 4.66. The van der Waals surface area contributed by atoms with Crippen LogP contribution < -0.4 is 15.8 Å². The molecule has 18 heavy (non-hydrogen) atoms. The van der Waals surface area contributed by atoms with Gasteiger partial charge in [0.25, 0.3) is 5.91 Å². The summed E-state index contributed by atoms with van der Waals surface area (Å²) in [6.45, 7) is 0. The molecule has 0 heterocycles. The molecule has 0 unspecified atom stereocenters. The van der Waals surface area contributed by atoms with Gasteiger partial charge < -0.3 is 4.90 Å². The summed E-state index contributed by atoms with van der Waals surface area (Å²) in [6.07, 6.45) is 1.83. The lowest BCUT2D eigenvalue weighted by Crippen LogP contribution is -2.42. The van der Waals surface area contributed by atoms with Gasteiger partial charge in [-0.15, -0.1) is 0 Å². The standard InChI is InChI=1S/C13H17N3O2/c1-16(2)11-5-3-4-10(8-11)13(18)15-14-12(17)9-6-7-9/h3-5,8-9H,6-7H2,1-2H3,(H,14,17)(H,15,18). The molecule has 0 aliphatic heterocycles. The maximum absolute atomic E-state index is 11.8. The van der Waals surface area contributed by atoms with Crippen molar-refractivity contribution in [2.24, 2.45) is 5.92 Å². The van der Waals surface area contributed by atoms with Crippen molar-refractivity contribution >= 4 is 17.5 Å². The predicted molar refractivity (Wildman–Crippen MR) is 69.1 cm³/mol. The van der Waals surface area contributed by atoms with Crippen molar-refractivity contribution in [1.29, 1.82) is 0 Å². The van der Waals surface area contributed by atoms with E-state index in [1.54, 1.807) is 12.1 Å². The molecule has 1 aliphatic carbocycles. The second-order valence-corrected chi connectivity index (χ2v) is 4.66. The summed E-state index contributed by atoms with van der Waals surface area (Å²) in [4.78, 5) is 25.1. The van der Waals surface area contributed by atoms with E-state index in [9.17, 15) is 9.59 Å². The van der Waals surface area contributed by atoms with Gasteiger partial charge in [-0.1, -0.05) is 6.07 Å². The molecule has 1 aromatic rings. The molecule has 2 amide bonds. The number of rotatable bonds is 3. The molecule has 0 aromatic heterocycles. The number of nitrogens with one attached hydrogen (secondary N) is 2. The largest absolute Gasteiger partial charge is 0.378 e. The van der Waals surface area contributed by atoms with Crippen LogP contribution in [0.4, 0.5) is 5.69 Å². The monoisotopic (exact) mass is 247 g/mol. The Labute approximate surface area is 106 Å². The summed E-state index contributed by atoms with van der Waals surface area (Å²) in [5, 5.41) is 0. The number of carbonyl (C=O) groups excluding carboxylic acids is 2. The van der Waals surface area contributed by atoms with Crippen molar-refractivity contribution in [3.05, 3.63) is 29.8 Å². The molecule has 1 aromatic carbocycles. The number of hydrazine groups is 1. The van der Waals surface area contributed by atoms with E-state index in [0.29, 0.717) is 5.56 Å². The van der Waals surface area contributed by atoms with Gasteiger partial charge in [0.2, 0.25) is 5.91 Å². The first kappa shape index (κ1) is 12.4. The van der Waals surface area contributed by atoms with Gasteiger partial charge in [0.15, 0.2) is 0 Å². The lowest BCUT2D eigenvalue weighted by Gasteiger charge is -2.13. The molecule has 96 valence electrons. The molecular weight excluding hydrogens is 230 g/mol. The zero-order valence-electron chi connectivity index (χ0n) is 10.6. The van der Waals surface area contributed by atoms with E-state index in [4.69, 9.17) is 0 Å². The van der Waals surface area contributed by atoms with Gasteiger partial charge in [-0.05, 0) is 31.0 Å². The zero-order chi connectivity index (χ0) is 13.1. The smallest absolute Gasteiger partial charge is 0.269 e. The predicted octanol–water partition coefficient (Wildman–Crippen LogP) is 0.924. The fraction of sp³-hybridized carbons (Fsp3) is 0.385. The third kappa shape index (κ3) is 3.00. The summed E-state index contributed by atoms with van der Waals surface area (Å²) in [6, 6.07) is 7.22. The molecule has 5 heteroatoms. The van der Waals surface area contributed by atoms with Gasteiger partial charge in [-0.2, -0.15) is 0 Å². The molecule has 0 radical (unpaired) electrons. The minimum absolute atomic E-state index is 0.0819. The fourth-order valence-corrected chi connectivity index (χ4v) is 1.56. The Kier molecular flexibility index (Phi) is 3.50. The van der Waals surface area contributed by atoms with Crippen LogP contribution in [0.15, 0.2) is 24.3 Å². The molecule has 2 rings (SSSR count). The molecule has 1 aliphatic rings. The molecule has 2 N–H and O–H groups in total. The third-order valence-electron chi connectivity index (χ3n) is 2.87. The molecule has 0 spiro atoms. The highest BCUT2D eigenvalue weighted by Crippen LogP contribution is 2.28. The average molecular weight is 247 g/mol. The Bertz CT molecular complexity index is 467. The van der Waals surface area contributed by atoms with Gasteiger partial charge in [0.1, 0.15) is 0 Å². The topological polar surface area (TPSA) is 61.4 Å². The van der Waals surface area contributed by atoms with E-state index in [2.05, 4.69) is 10.9 Å². The van der Waals surface area contributed by atoms with Crippen molar-refractivity contribution in [2.75, 3.05) is 19.0 Å². The minimum atomic E-state index is -0.298. The first-order valence-electron chi connectivity index (χ1n) is 5.95. The van der Waals surface area contributed by atoms with Crippen molar-refractivity contribution in [2.45, 2.75) is 12.8 Å². The zero-order valence-corrected chi connectivity index (χ0v) is 10.6. The number of amides is 2. The van der Waals surface area contributed by atoms with Crippen LogP contribution in [0.25, 0.3) is 0 Å². The molecule has 0 atom stereocenters. The molecular formula is C13H17N3O2. The number of benzene rings is 1. The fourth-order valence-electron chi connectivity index (χ4n) is 1.56. The van der Waals surface area contributed by atoms with Crippen LogP contribution in [0, 0.1) is 5.92 Å². The van der Waals surface area contributed by atoms with Crippen LogP contribution in [0.3, 0.4) is 0 Å². The van der Waals surface area contributed by atoms with E-state index in [0.717, 1.165) is 18.5 Å². The Morgan fingerprint density at radius 2 is 1.94 bits per heavy atom. The summed E-state index contributed by atoms with van der Waals surface area (Å²) in [7, 11) is 3.82. The van der Waals surface area contributed by atoms with Gasteiger partial charge in [0, 0.05) is 31.3 Å². The van der Waals surface area contributed by atoms with Gasteiger partial charge in [-0.3, -0.25) is 20.4 Å². The van der Waals surface area contributed by atoms with Gasteiger partial charge in [-0.25, -0.2) is 0 Å². The van der Waals surface area contributed by atoms with Crippen LogP contribution in [0.5, 0.6) is 0 Å². The summed E-state index contributed by atoms with van der Waals surface area (Å²) < 4.78 is 0. The van der Waals surface area contributed by atoms with Crippen LogP contribution in [0.1, 0.15) is 23.2 Å². The van der Waals surface area contributed by atoms with Crippen molar-refractivity contribution in [1.82, 2.24) is 10.9 Å².